The summed E-state index contributed by atoms with van der Waals surface area (Å²) in [6.45, 7) is 1.83. The number of carbonyl (C=O) groups excluding carboxylic acids is 1. The van der Waals surface area contributed by atoms with Crippen LogP contribution in [0, 0.1) is 0 Å². The Hall–Kier alpha value is -2.54. The van der Waals surface area contributed by atoms with E-state index in [0.29, 0.717) is 11.4 Å². The van der Waals surface area contributed by atoms with Gasteiger partial charge in [0.1, 0.15) is 0 Å². The lowest BCUT2D eigenvalue weighted by atomic mass is 10.2. The fourth-order valence-electron chi connectivity index (χ4n) is 2.23. The van der Waals surface area contributed by atoms with Crippen molar-refractivity contribution in [3.8, 4) is 0 Å². The number of nitrogens with zero attached hydrogens (tertiary/aromatic N) is 1. The molecule has 6 nitrogen and oxygen atoms in total. The third-order valence-corrected chi connectivity index (χ3v) is 4.91. The van der Waals surface area contributed by atoms with Gasteiger partial charge in [-0.3, -0.25) is 9.10 Å². The second kappa shape index (κ2) is 7.83. The maximum Gasteiger partial charge on any atom is 0.323 e. The average molecular weight is 348 g/mol. The van der Waals surface area contributed by atoms with Gasteiger partial charge < -0.3 is 10.5 Å². The standard InChI is InChI=1S/C17H20N2O4S/c1-2-23-17(20)13-24(21,22)19(12-14-8-4-3-5-9-14)16-11-7-6-10-15(16)18/h3-11H,2,12-13,18H2,1H3. The van der Waals surface area contributed by atoms with Crippen molar-refractivity contribution in [2.45, 2.75) is 13.5 Å². The molecule has 0 radical (unpaired) electrons. The number of nitrogen functional groups attached to an aromatic ring is 1. The third kappa shape index (κ3) is 4.48. The largest absolute Gasteiger partial charge is 0.465 e. The van der Waals surface area contributed by atoms with Crippen molar-refractivity contribution < 1.29 is 17.9 Å². The maximum absolute atomic E-state index is 12.7. The summed E-state index contributed by atoms with van der Waals surface area (Å²) < 4.78 is 31.4. The number of rotatable bonds is 7. The number of nitrogens with two attached hydrogens (primary N) is 1. The molecule has 2 aromatic carbocycles. The van der Waals surface area contributed by atoms with Gasteiger partial charge in [0.15, 0.2) is 5.75 Å². The predicted molar refractivity (Wildman–Crippen MR) is 93.9 cm³/mol. The van der Waals surface area contributed by atoms with Gasteiger partial charge in [0.25, 0.3) is 0 Å². The fourth-order valence-corrected chi connectivity index (χ4v) is 3.58. The Morgan fingerprint density at radius 3 is 2.33 bits per heavy atom. The van der Waals surface area contributed by atoms with Crippen LogP contribution >= 0.6 is 0 Å². The molecule has 0 saturated carbocycles. The first-order chi connectivity index (χ1) is 11.4. The van der Waals surface area contributed by atoms with Gasteiger partial charge in [-0.1, -0.05) is 42.5 Å². The molecule has 0 aliphatic rings. The van der Waals surface area contributed by atoms with Crippen molar-refractivity contribution >= 4 is 27.4 Å². The lowest BCUT2D eigenvalue weighted by molar-refractivity contribution is -0.139. The number of hydrogen-bond acceptors (Lipinski definition) is 5. The van der Waals surface area contributed by atoms with Crippen LogP contribution in [0.2, 0.25) is 0 Å². The van der Waals surface area contributed by atoms with E-state index in [1.165, 1.54) is 0 Å². The molecule has 0 unspecified atom stereocenters. The van der Waals surface area contributed by atoms with Gasteiger partial charge in [0.2, 0.25) is 10.0 Å². The normalized spacial score (nSPS) is 11.0. The second-order valence-electron chi connectivity index (χ2n) is 5.11. The molecule has 2 rings (SSSR count). The van der Waals surface area contributed by atoms with E-state index in [1.807, 2.05) is 30.3 Å². The summed E-state index contributed by atoms with van der Waals surface area (Å²) in [6.07, 6.45) is 0. The van der Waals surface area contributed by atoms with Crippen molar-refractivity contribution in [2.24, 2.45) is 0 Å². The number of sulfonamides is 1. The number of hydrogen-bond donors (Lipinski definition) is 1. The molecule has 0 aliphatic heterocycles. The molecule has 0 atom stereocenters. The van der Waals surface area contributed by atoms with E-state index < -0.39 is 21.7 Å². The Morgan fingerprint density at radius 1 is 1.08 bits per heavy atom. The quantitative estimate of drug-likeness (QED) is 0.612. The molecule has 0 heterocycles. The summed E-state index contributed by atoms with van der Waals surface area (Å²) in [7, 11) is -3.94. The van der Waals surface area contributed by atoms with Crippen LogP contribution in [-0.2, 0) is 26.1 Å². The highest BCUT2D eigenvalue weighted by atomic mass is 32.2. The average Bonchev–Trinajstić information content (AvgIpc) is 2.54. The van der Waals surface area contributed by atoms with Gasteiger partial charge in [-0.05, 0) is 24.6 Å². The van der Waals surface area contributed by atoms with Gasteiger partial charge in [0.05, 0.1) is 24.5 Å². The molecular weight excluding hydrogens is 328 g/mol. The van der Waals surface area contributed by atoms with Crippen LogP contribution in [0.1, 0.15) is 12.5 Å². The number of carbonyl (C=O) groups is 1. The molecule has 128 valence electrons. The first kappa shape index (κ1) is 17.8. The minimum absolute atomic E-state index is 0.0802. The smallest absolute Gasteiger partial charge is 0.323 e. The molecule has 0 amide bonds. The van der Waals surface area contributed by atoms with Gasteiger partial charge >= 0.3 is 5.97 Å². The Bertz CT molecular complexity index is 791. The van der Waals surface area contributed by atoms with Crippen molar-refractivity contribution in [3.63, 3.8) is 0 Å². The highest BCUT2D eigenvalue weighted by Crippen LogP contribution is 2.27. The Labute approximate surface area is 141 Å². The second-order valence-corrected chi connectivity index (χ2v) is 7.01. The molecule has 0 saturated heterocycles. The van der Waals surface area contributed by atoms with Crippen LogP contribution in [0.5, 0.6) is 0 Å². The molecule has 0 spiro atoms. The summed E-state index contributed by atoms with van der Waals surface area (Å²) in [5.41, 5.74) is 7.38. The van der Waals surface area contributed by atoms with Crippen molar-refractivity contribution in [2.75, 3.05) is 22.4 Å². The summed E-state index contributed by atoms with van der Waals surface area (Å²) in [4.78, 5) is 11.7. The maximum atomic E-state index is 12.7. The summed E-state index contributed by atoms with van der Waals surface area (Å²) in [5, 5.41) is 0. The van der Waals surface area contributed by atoms with Gasteiger partial charge in [0, 0.05) is 0 Å². The van der Waals surface area contributed by atoms with Gasteiger partial charge in [-0.25, -0.2) is 8.42 Å². The zero-order chi connectivity index (χ0) is 17.6. The highest BCUT2D eigenvalue weighted by molar-refractivity contribution is 7.93. The molecule has 24 heavy (non-hydrogen) atoms. The van der Waals surface area contributed by atoms with Crippen LogP contribution in [0.3, 0.4) is 0 Å². The van der Waals surface area contributed by atoms with E-state index in [-0.39, 0.29) is 13.2 Å². The van der Waals surface area contributed by atoms with Crippen LogP contribution in [-0.4, -0.2) is 26.7 Å². The molecule has 2 N–H and O–H groups in total. The zero-order valence-corrected chi connectivity index (χ0v) is 14.2. The van der Waals surface area contributed by atoms with Crippen molar-refractivity contribution in [3.05, 3.63) is 60.2 Å². The molecule has 2 aromatic rings. The Morgan fingerprint density at radius 2 is 1.71 bits per heavy atom. The first-order valence-corrected chi connectivity index (χ1v) is 9.09. The van der Waals surface area contributed by atoms with E-state index in [9.17, 15) is 13.2 Å². The van der Waals surface area contributed by atoms with E-state index in [2.05, 4.69) is 0 Å². The molecular formula is C17H20N2O4S. The monoisotopic (exact) mass is 348 g/mol. The predicted octanol–water partition coefficient (Wildman–Crippen LogP) is 2.17. The van der Waals surface area contributed by atoms with Crippen LogP contribution in [0.15, 0.2) is 54.6 Å². The third-order valence-electron chi connectivity index (χ3n) is 3.32. The summed E-state index contributed by atoms with van der Waals surface area (Å²) >= 11 is 0. The SMILES string of the molecule is CCOC(=O)CS(=O)(=O)N(Cc1ccccc1)c1ccccc1N. The topological polar surface area (TPSA) is 89.7 Å². The van der Waals surface area contributed by atoms with Crippen LogP contribution < -0.4 is 10.0 Å². The Balaban J connectivity index is 2.39. The molecule has 7 heteroatoms. The number of benzene rings is 2. The molecule has 0 aliphatic carbocycles. The van der Waals surface area contributed by atoms with E-state index in [1.54, 1.807) is 31.2 Å². The van der Waals surface area contributed by atoms with Gasteiger partial charge in [-0.15, -0.1) is 0 Å². The Kier molecular flexibility index (Phi) is 5.81. The fraction of sp³-hybridized carbons (Fsp3) is 0.235. The lowest BCUT2D eigenvalue weighted by Crippen LogP contribution is -2.36. The minimum atomic E-state index is -3.94. The van der Waals surface area contributed by atoms with Crippen LogP contribution in [0.4, 0.5) is 11.4 Å². The minimum Gasteiger partial charge on any atom is -0.465 e. The summed E-state index contributed by atoms with van der Waals surface area (Å²) in [5.74, 6) is -1.52. The number of esters is 1. The van der Waals surface area contributed by atoms with E-state index in [0.717, 1.165) is 9.87 Å². The number of para-hydroxylation sites is 2. The van der Waals surface area contributed by atoms with E-state index >= 15 is 0 Å². The molecule has 0 bridgehead atoms. The van der Waals surface area contributed by atoms with Crippen molar-refractivity contribution in [1.29, 1.82) is 0 Å². The number of ether oxygens (including phenoxy) is 1. The van der Waals surface area contributed by atoms with Gasteiger partial charge in [-0.2, -0.15) is 0 Å². The summed E-state index contributed by atoms with van der Waals surface area (Å²) in [6, 6.07) is 15.8. The first-order valence-electron chi connectivity index (χ1n) is 7.48. The van der Waals surface area contributed by atoms with Crippen molar-refractivity contribution in [1.82, 2.24) is 0 Å². The molecule has 0 fully saturated rings. The zero-order valence-electron chi connectivity index (χ0n) is 13.4. The number of anilines is 2. The highest BCUT2D eigenvalue weighted by Gasteiger charge is 2.28. The molecule has 0 aromatic heterocycles. The van der Waals surface area contributed by atoms with E-state index in [4.69, 9.17) is 10.5 Å². The van der Waals surface area contributed by atoms with Crippen LogP contribution in [0.25, 0.3) is 0 Å². The lowest BCUT2D eigenvalue weighted by Gasteiger charge is -2.25.